The molecule has 0 aliphatic carbocycles. The molecular formula is C6H9N5O2S. The number of hydrogen-bond donors (Lipinski definition) is 2. The Labute approximate surface area is 81.2 Å². The predicted molar refractivity (Wildman–Crippen MR) is 47.2 cm³/mol. The van der Waals surface area contributed by atoms with Crippen LogP contribution in [0.5, 0.6) is 0 Å². The normalized spacial score (nSPS) is 13.4. The van der Waals surface area contributed by atoms with Crippen LogP contribution in [0, 0.1) is 11.3 Å². The molecule has 1 heterocycles. The van der Waals surface area contributed by atoms with Crippen molar-refractivity contribution in [1.82, 2.24) is 19.9 Å². The van der Waals surface area contributed by atoms with Crippen molar-refractivity contribution < 1.29 is 8.42 Å². The summed E-state index contributed by atoms with van der Waals surface area (Å²) >= 11 is 0. The molecule has 0 aromatic carbocycles. The number of H-pyrrole nitrogens is 1. The first-order chi connectivity index (χ1) is 6.56. The van der Waals surface area contributed by atoms with E-state index in [1.54, 1.807) is 6.07 Å². The van der Waals surface area contributed by atoms with Crippen molar-refractivity contribution >= 4 is 10.0 Å². The van der Waals surface area contributed by atoms with Crippen LogP contribution in [-0.2, 0) is 16.6 Å². The molecule has 0 saturated carbocycles. The van der Waals surface area contributed by atoms with Crippen LogP contribution in [-0.4, -0.2) is 28.8 Å². The highest BCUT2D eigenvalue weighted by Gasteiger charge is 2.19. The smallest absolute Gasteiger partial charge is 0.228 e. The summed E-state index contributed by atoms with van der Waals surface area (Å²) in [5.41, 5.74) is 0. The molecule has 0 spiro atoms. The molecule has 1 unspecified atom stereocenters. The topological polar surface area (TPSA) is 112 Å². The van der Waals surface area contributed by atoms with E-state index in [9.17, 15) is 8.42 Å². The van der Waals surface area contributed by atoms with Crippen LogP contribution in [0.15, 0.2) is 6.33 Å². The summed E-state index contributed by atoms with van der Waals surface area (Å²) in [6, 6.07) is 1.64. The number of aromatic nitrogens is 3. The molecule has 0 aliphatic rings. The lowest BCUT2D eigenvalue weighted by molar-refractivity contribution is 0.575. The number of aromatic amines is 1. The number of rotatable bonds is 4. The van der Waals surface area contributed by atoms with Gasteiger partial charge in [0.2, 0.25) is 10.0 Å². The van der Waals surface area contributed by atoms with Gasteiger partial charge in [0.15, 0.2) is 5.25 Å². The largest absolute Gasteiger partial charge is 0.262 e. The van der Waals surface area contributed by atoms with E-state index in [4.69, 9.17) is 5.26 Å². The Morgan fingerprint density at radius 3 is 3.00 bits per heavy atom. The molecule has 1 aromatic rings. The van der Waals surface area contributed by atoms with Crippen molar-refractivity contribution in [2.45, 2.75) is 18.7 Å². The first-order valence-corrected chi connectivity index (χ1v) is 5.33. The second kappa shape index (κ2) is 4.17. The summed E-state index contributed by atoms with van der Waals surface area (Å²) in [5.74, 6) is 0.402. The number of hydrogen-bond acceptors (Lipinski definition) is 5. The number of nitriles is 1. The molecule has 0 aliphatic heterocycles. The zero-order valence-electron chi connectivity index (χ0n) is 7.43. The average Bonchev–Trinajstić information content (AvgIpc) is 2.66. The molecule has 7 nitrogen and oxygen atoms in total. The van der Waals surface area contributed by atoms with Crippen LogP contribution in [0.1, 0.15) is 12.7 Å². The third-order valence-electron chi connectivity index (χ3n) is 1.55. The van der Waals surface area contributed by atoms with E-state index in [1.165, 1.54) is 13.3 Å². The molecule has 14 heavy (non-hydrogen) atoms. The van der Waals surface area contributed by atoms with Crippen molar-refractivity contribution in [3.05, 3.63) is 12.2 Å². The maximum absolute atomic E-state index is 11.3. The Balaban J connectivity index is 2.58. The Morgan fingerprint density at radius 2 is 2.50 bits per heavy atom. The molecule has 2 N–H and O–H groups in total. The van der Waals surface area contributed by atoms with Crippen molar-refractivity contribution in [3.8, 4) is 6.07 Å². The van der Waals surface area contributed by atoms with Gasteiger partial charge in [-0.15, -0.1) is 0 Å². The van der Waals surface area contributed by atoms with Gasteiger partial charge in [0, 0.05) is 0 Å². The Kier molecular flexibility index (Phi) is 3.16. The van der Waals surface area contributed by atoms with Gasteiger partial charge in [0.25, 0.3) is 0 Å². The minimum atomic E-state index is -3.59. The fraction of sp³-hybridized carbons (Fsp3) is 0.500. The second-order valence-electron chi connectivity index (χ2n) is 2.57. The quantitative estimate of drug-likeness (QED) is 0.678. The summed E-state index contributed by atoms with van der Waals surface area (Å²) in [7, 11) is -3.59. The summed E-state index contributed by atoms with van der Waals surface area (Å²) in [6.07, 6.45) is 1.28. The van der Waals surface area contributed by atoms with Gasteiger partial charge in [0.1, 0.15) is 12.2 Å². The maximum atomic E-state index is 11.3. The molecule has 1 rings (SSSR count). The first kappa shape index (κ1) is 10.6. The monoisotopic (exact) mass is 215 g/mol. The standard InChI is InChI=1S/C6H9N5O2S/c1-5(2-7)14(12,13)10-3-6-8-4-9-11-6/h4-5,10H,3H2,1H3,(H,8,9,11). The third kappa shape index (κ3) is 2.51. The van der Waals surface area contributed by atoms with Gasteiger partial charge in [-0.05, 0) is 6.92 Å². The first-order valence-electron chi connectivity index (χ1n) is 3.78. The van der Waals surface area contributed by atoms with E-state index in [0.717, 1.165) is 0 Å². The van der Waals surface area contributed by atoms with E-state index >= 15 is 0 Å². The highest BCUT2D eigenvalue weighted by Crippen LogP contribution is 1.97. The molecule has 0 fully saturated rings. The van der Waals surface area contributed by atoms with Gasteiger partial charge in [-0.3, -0.25) is 5.10 Å². The summed E-state index contributed by atoms with van der Waals surface area (Å²) in [4.78, 5) is 3.73. The van der Waals surface area contributed by atoms with Crippen molar-refractivity contribution in [2.75, 3.05) is 0 Å². The van der Waals surface area contributed by atoms with Crippen LogP contribution in [0.3, 0.4) is 0 Å². The molecule has 76 valence electrons. The minimum absolute atomic E-state index is 0.00829. The third-order valence-corrected chi connectivity index (χ3v) is 3.14. The molecular weight excluding hydrogens is 206 g/mol. The predicted octanol–water partition coefficient (Wildman–Crippen LogP) is -0.864. The highest BCUT2D eigenvalue weighted by atomic mass is 32.2. The maximum Gasteiger partial charge on any atom is 0.228 e. The summed E-state index contributed by atoms with van der Waals surface area (Å²) in [5, 5.41) is 13.4. The number of sulfonamides is 1. The van der Waals surface area contributed by atoms with Gasteiger partial charge in [-0.2, -0.15) is 10.4 Å². The van der Waals surface area contributed by atoms with Crippen LogP contribution < -0.4 is 4.72 Å². The zero-order chi connectivity index (χ0) is 10.6. The molecule has 0 saturated heterocycles. The van der Waals surface area contributed by atoms with Crippen LogP contribution in [0.4, 0.5) is 0 Å². The van der Waals surface area contributed by atoms with Gasteiger partial charge in [-0.1, -0.05) is 0 Å². The average molecular weight is 215 g/mol. The molecule has 0 amide bonds. The lowest BCUT2D eigenvalue weighted by Gasteiger charge is -2.05. The lowest BCUT2D eigenvalue weighted by atomic mass is 10.5. The van der Waals surface area contributed by atoms with E-state index < -0.39 is 15.3 Å². The summed E-state index contributed by atoms with van der Waals surface area (Å²) in [6.45, 7) is 1.32. The lowest BCUT2D eigenvalue weighted by Crippen LogP contribution is -2.31. The molecule has 1 atom stereocenters. The highest BCUT2D eigenvalue weighted by molar-refractivity contribution is 7.90. The molecule has 8 heteroatoms. The van der Waals surface area contributed by atoms with Gasteiger partial charge >= 0.3 is 0 Å². The van der Waals surface area contributed by atoms with Gasteiger partial charge in [-0.25, -0.2) is 18.1 Å². The van der Waals surface area contributed by atoms with Crippen molar-refractivity contribution in [2.24, 2.45) is 0 Å². The summed E-state index contributed by atoms with van der Waals surface area (Å²) < 4.78 is 24.8. The zero-order valence-corrected chi connectivity index (χ0v) is 8.24. The fourth-order valence-corrected chi connectivity index (χ4v) is 1.41. The van der Waals surface area contributed by atoms with Crippen LogP contribution in [0.2, 0.25) is 0 Å². The van der Waals surface area contributed by atoms with E-state index in [-0.39, 0.29) is 6.54 Å². The van der Waals surface area contributed by atoms with Gasteiger partial charge < -0.3 is 0 Å². The van der Waals surface area contributed by atoms with E-state index in [2.05, 4.69) is 19.9 Å². The Bertz CT molecular complexity index is 418. The molecule has 0 radical (unpaired) electrons. The van der Waals surface area contributed by atoms with E-state index in [0.29, 0.717) is 5.82 Å². The van der Waals surface area contributed by atoms with E-state index in [1.807, 2.05) is 0 Å². The Morgan fingerprint density at radius 1 is 1.79 bits per heavy atom. The molecule has 1 aromatic heterocycles. The SMILES string of the molecule is CC(C#N)S(=O)(=O)NCc1ncn[nH]1. The van der Waals surface area contributed by atoms with Crippen LogP contribution >= 0.6 is 0 Å². The number of nitrogens with one attached hydrogen (secondary N) is 2. The minimum Gasteiger partial charge on any atom is -0.262 e. The van der Waals surface area contributed by atoms with Crippen molar-refractivity contribution in [1.29, 1.82) is 5.26 Å². The van der Waals surface area contributed by atoms with Crippen molar-refractivity contribution in [3.63, 3.8) is 0 Å². The fourth-order valence-electron chi connectivity index (χ4n) is 0.679. The molecule has 0 bridgehead atoms. The Hall–Kier alpha value is -1.46. The van der Waals surface area contributed by atoms with Gasteiger partial charge in [0.05, 0.1) is 12.6 Å². The van der Waals surface area contributed by atoms with Crippen LogP contribution in [0.25, 0.3) is 0 Å². The second-order valence-corrected chi connectivity index (χ2v) is 4.66. The number of nitrogens with zero attached hydrogens (tertiary/aromatic N) is 3.